The molecule has 16 heavy (non-hydrogen) atoms. The lowest BCUT2D eigenvalue weighted by atomic mass is 10.3. The second-order valence-corrected chi connectivity index (χ2v) is 3.83. The molecular formula is C12H21N3O. The molecule has 90 valence electrons. The molecule has 0 unspecified atom stereocenters. The van der Waals surface area contributed by atoms with E-state index in [0.717, 1.165) is 36.7 Å². The van der Waals surface area contributed by atoms with Crippen LogP contribution in [0.3, 0.4) is 0 Å². The highest BCUT2D eigenvalue weighted by atomic mass is 16.3. The largest absolute Gasteiger partial charge is 0.395 e. The fraction of sp³-hybridized carbons (Fsp3) is 0.667. The zero-order valence-electron chi connectivity index (χ0n) is 10.4. The van der Waals surface area contributed by atoms with Crippen LogP contribution in [0, 0.1) is 6.92 Å². The first-order valence-corrected chi connectivity index (χ1v) is 5.91. The normalized spacial score (nSPS) is 10.5. The molecule has 0 aromatic carbocycles. The van der Waals surface area contributed by atoms with E-state index in [4.69, 9.17) is 5.11 Å². The zero-order chi connectivity index (χ0) is 12.0. The minimum atomic E-state index is 0.157. The van der Waals surface area contributed by atoms with Crippen molar-refractivity contribution in [2.75, 3.05) is 24.6 Å². The average molecular weight is 223 g/mol. The van der Waals surface area contributed by atoms with E-state index >= 15 is 0 Å². The van der Waals surface area contributed by atoms with Gasteiger partial charge in [-0.05, 0) is 19.8 Å². The number of aliphatic hydroxyl groups excluding tert-OH is 1. The first kappa shape index (κ1) is 12.9. The summed E-state index contributed by atoms with van der Waals surface area (Å²) in [6.45, 7) is 7.82. The van der Waals surface area contributed by atoms with Crippen LogP contribution in [0.5, 0.6) is 0 Å². The molecule has 1 N–H and O–H groups in total. The molecule has 0 aliphatic heterocycles. The summed E-state index contributed by atoms with van der Waals surface area (Å²) in [6.07, 6.45) is 1.96. The number of aliphatic hydroxyl groups is 1. The van der Waals surface area contributed by atoms with Gasteiger partial charge in [-0.2, -0.15) is 0 Å². The highest BCUT2D eigenvalue weighted by molar-refractivity contribution is 5.39. The molecule has 0 radical (unpaired) electrons. The number of aryl methyl sites for hydroxylation is 2. The van der Waals surface area contributed by atoms with Crippen LogP contribution >= 0.6 is 0 Å². The molecule has 4 heteroatoms. The third-order valence-electron chi connectivity index (χ3n) is 2.43. The molecule has 4 nitrogen and oxygen atoms in total. The minimum absolute atomic E-state index is 0.157. The van der Waals surface area contributed by atoms with E-state index in [1.54, 1.807) is 0 Å². The molecular weight excluding hydrogens is 202 g/mol. The van der Waals surface area contributed by atoms with E-state index in [1.807, 2.05) is 13.0 Å². The highest BCUT2D eigenvalue weighted by Gasteiger charge is 2.08. The maximum Gasteiger partial charge on any atom is 0.132 e. The molecule has 0 fully saturated rings. The minimum Gasteiger partial charge on any atom is -0.395 e. The van der Waals surface area contributed by atoms with Crippen LogP contribution in [0.15, 0.2) is 6.07 Å². The maximum atomic E-state index is 9.04. The highest BCUT2D eigenvalue weighted by Crippen LogP contribution is 2.13. The summed E-state index contributed by atoms with van der Waals surface area (Å²) in [5, 5.41) is 9.04. The summed E-state index contributed by atoms with van der Waals surface area (Å²) in [6, 6.07) is 2.01. The lowest BCUT2D eigenvalue weighted by Crippen LogP contribution is -2.28. The number of hydrogen-bond donors (Lipinski definition) is 1. The maximum absolute atomic E-state index is 9.04. The van der Waals surface area contributed by atoms with Gasteiger partial charge in [0.1, 0.15) is 11.6 Å². The van der Waals surface area contributed by atoms with Gasteiger partial charge in [0.2, 0.25) is 0 Å². The van der Waals surface area contributed by atoms with Crippen LogP contribution in [-0.4, -0.2) is 34.8 Å². The SMILES string of the molecule is CCCN(CCO)c1cc(CC)nc(C)n1. The number of hydrogen-bond acceptors (Lipinski definition) is 4. The van der Waals surface area contributed by atoms with Gasteiger partial charge >= 0.3 is 0 Å². The molecule has 0 bridgehead atoms. The second kappa shape index (κ2) is 6.43. The van der Waals surface area contributed by atoms with E-state index in [1.165, 1.54) is 0 Å². The molecule has 0 atom stereocenters. The number of anilines is 1. The van der Waals surface area contributed by atoms with Crippen LogP contribution in [0.1, 0.15) is 31.8 Å². The average Bonchev–Trinajstić information content (AvgIpc) is 2.28. The van der Waals surface area contributed by atoms with E-state index in [0.29, 0.717) is 6.54 Å². The standard InChI is InChI=1S/C12H21N3O/c1-4-6-15(7-8-16)12-9-11(5-2)13-10(3)14-12/h9,16H,4-8H2,1-3H3. The monoisotopic (exact) mass is 223 g/mol. The topological polar surface area (TPSA) is 49.2 Å². The van der Waals surface area contributed by atoms with E-state index in [-0.39, 0.29) is 6.61 Å². The molecule has 0 saturated heterocycles. The van der Waals surface area contributed by atoms with E-state index < -0.39 is 0 Å². The van der Waals surface area contributed by atoms with Crippen LogP contribution in [-0.2, 0) is 6.42 Å². The summed E-state index contributed by atoms with van der Waals surface area (Å²) >= 11 is 0. The molecule has 0 aliphatic carbocycles. The summed E-state index contributed by atoms with van der Waals surface area (Å²) in [5.41, 5.74) is 1.06. The van der Waals surface area contributed by atoms with Crippen molar-refractivity contribution in [3.05, 3.63) is 17.6 Å². The van der Waals surface area contributed by atoms with Crippen molar-refractivity contribution in [3.8, 4) is 0 Å². The van der Waals surface area contributed by atoms with E-state index in [9.17, 15) is 0 Å². The van der Waals surface area contributed by atoms with Gasteiger partial charge in [-0.1, -0.05) is 13.8 Å². The summed E-state index contributed by atoms with van der Waals surface area (Å²) in [7, 11) is 0. The van der Waals surface area contributed by atoms with Crippen LogP contribution in [0.4, 0.5) is 5.82 Å². The predicted molar refractivity (Wildman–Crippen MR) is 65.7 cm³/mol. The fourth-order valence-corrected chi connectivity index (χ4v) is 1.69. The Bertz CT molecular complexity index is 322. The van der Waals surface area contributed by atoms with Crippen LogP contribution in [0.25, 0.3) is 0 Å². The molecule has 1 rings (SSSR count). The number of rotatable bonds is 6. The Morgan fingerprint density at radius 2 is 2.00 bits per heavy atom. The third kappa shape index (κ3) is 3.45. The predicted octanol–water partition coefficient (Wildman–Crippen LogP) is 1.56. The molecule has 0 aliphatic rings. The van der Waals surface area contributed by atoms with Crippen molar-refractivity contribution < 1.29 is 5.11 Å². The smallest absolute Gasteiger partial charge is 0.132 e. The van der Waals surface area contributed by atoms with Gasteiger partial charge in [-0.25, -0.2) is 9.97 Å². The molecule has 1 heterocycles. The van der Waals surface area contributed by atoms with E-state index in [2.05, 4.69) is 28.7 Å². The first-order chi connectivity index (χ1) is 7.71. The number of nitrogens with zero attached hydrogens (tertiary/aromatic N) is 3. The van der Waals surface area contributed by atoms with Gasteiger partial charge in [0.15, 0.2) is 0 Å². The van der Waals surface area contributed by atoms with Crippen molar-refractivity contribution in [1.82, 2.24) is 9.97 Å². The van der Waals surface area contributed by atoms with Crippen molar-refractivity contribution in [3.63, 3.8) is 0 Å². The fourth-order valence-electron chi connectivity index (χ4n) is 1.69. The van der Waals surface area contributed by atoms with Crippen molar-refractivity contribution in [2.45, 2.75) is 33.6 Å². The molecule has 1 aromatic rings. The van der Waals surface area contributed by atoms with Crippen LogP contribution in [0.2, 0.25) is 0 Å². The quantitative estimate of drug-likeness (QED) is 0.795. The molecule has 0 amide bonds. The van der Waals surface area contributed by atoms with Gasteiger partial charge < -0.3 is 10.0 Å². The van der Waals surface area contributed by atoms with Gasteiger partial charge in [0, 0.05) is 24.8 Å². The van der Waals surface area contributed by atoms with Crippen molar-refractivity contribution >= 4 is 5.82 Å². The van der Waals surface area contributed by atoms with Crippen molar-refractivity contribution in [2.24, 2.45) is 0 Å². The Kier molecular flexibility index (Phi) is 5.19. The summed E-state index contributed by atoms with van der Waals surface area (Å²) in [4.78, 5) is 10.9. The molecule has 0 saturated carbocycles. The summed E-state index contributed by atoms with van der Waals surface area (Å²) < 4.78 is 0. The lowest BCUT2D eigenvalue weighted by molar-refractivity contribution is 0.301. The van der Waals surface area contributed by atoms with Gasteiger partial charge in [-0.15, -0.1) is 0 Å². The lowest BCUT2D eigenvalue weighted by Gasteiger charge is -2.22. The van der Waals surface area contributed by atoms with Gasteiger partial charge in [-0.3, -0.25) is 0 Å². The van der Waals surface area contributed by atoms with Gasteiger partial charge in [0.25, 0.3) is 0 Å². The Labute approximate surface area is 97.3 Å². The Morgan fingerprint density at radius 1 is 1.25 bits per heavy atom. The van der Waals surface area contributed by atoms with Crippen LogP contribution < -0.4 is 4.90 Å². The Morgan fingerprint density at radius 3 is 2.56 bits per heavy atom. The van der Waals surface area contributed by atoms with Gasteiger partial charge in [0.05, 0.1) is 6.61 Å². The Balaban J connectivity index is 2.93. The first-order valence-electron chi connectivity index (χ1n) is 5.91. The number of aromatic nitrogens is 2. The second-order valence-electron chi connectivity index (χ2n) is 3.83. The summed E-state index contributed by atoms with van der Waals surface area (Å²) in [5.74, 6) is 1.73. The zero-order valence-corrected chi connectivity index (χ0v) is 10.4. The molecule has 1 aromatic heterocycles. The van der Waals surface area contributed by atoms with Crippen molar-refractivity contribution in [1.29, 1.82) is 0 Å². The third-order valence-corrected chi connectivity index (χ3v) is 2.43. The molecule has 0 spiro atoms. The Hall–Kier alpha value is -1.16.